The Morgan fingerprint density at radius 2 is 0.456 bits per heavy atom. The third kappa shape index (κ3) is 7.91. The van der Waals surface area contributed by atoms with Crippen LogP contribution in [0.25, 0.3) is 48.6 Å². The highest BCUT2D eigenvalue weighted by atomic mass is 14.8. The zero-order chi connectivity index (χ0) is 47.4. The van der Waals surface area contributed by atoms with Crippen LogP contribution in [-0.2, 0) is 21.7 Å². The van der Waals surface area contributed by atoms with Crippen LogP contribution in [0.5, 0.6) is 0 Å². The molecule has 0 N–H and O–H groups in total. The van der Waals surface area contributed by atoms with Crippen LogP contribution in [0.3, 0.4) is 0 Å². The highest BCUT2D eigenvalue weighted by molar-refractivity contribution is 5.65. The van der Waals surface area contributed by atoms with Crippen LogP contribution < -0.4 is 0 Å². The zero-order valence-corrected chi connectivity index (χ0v) is 42.8. The van der Waals surface area contributed by atoms with Gasteiger partial charge in [-0.25, -0.2) is 0 Å². The molecule has 68 heavy (non-hydrogen) atoms. The van der Waals surface area contributed by atoms with E-state index < -0.39 is 0 Å². The third-order valence-corrected chi connectivity index (χ3v) is 18.5. The summed E-state index contributed by atoms with van der Waals surface area (Å²) >= 11 is 0. The predicted octanol–water partition coefficient (Wildman–Crippen LogP) is 19.0. The molecular formula is C68H78. The molecule has 8 saturated carbocycles. The van der Waals surface area contributed by atoms with Gasteiger partial charge in [-0.1, -0.05) is 146 Å². The molecule has 4 atom stereocenters. The van der Waals surface area contributed by atoms with Crippen molar-refractivity contribution in [2.24, 2.45) is 22.7 Å². The average molecular weight is 895 g/mol. The van der Waals surface area contributed by atoms with Crippen LogP contribution >= 0.6 is 0 Å². The van der Waals surface area contributed by atoms with Crippen molar-refractivity contribution in [1.82, 2.24) is 0 Å². The van der Waals surface area contributed by atoms with Crippen LogP contribution in [0.2, 0.25) is 0 Å². The van der Waals surface area contributed by atoms with Crippen LogP contribution in [0.4, 0.5) is 0 Å². The van der Waals surface area contributed by atoms with E-state index in [1.807, 2.05) is 0 Å². The maximum Gasteiger partial charge on any atom is -0.00299 e. The highest BCUT2D eigenvalue weighted by Gasteiger charge is 2.75. The lowest BCUT2D eigenvalue weighted by molar-refractivity contribution is -0.224. The molecule has 0 aromatic heterocycles. The molecule has 12 rings (SSSR count). The third-order valence-electron chi connectivity index (χ3n) is 18.5. The van der Waals surface area contributed by atoms with Gasteiger partial charge in [-0.2, -0.15) is 0 Å². The van der Waals surface area contributed by atoms with Crippen molar-refractivity contribution >= 4 is 48.6 Å². The molecule has 4 unspecified atom stereocenters. The summed E-state index contributed by atoms with van der Waals surface area (Å²) in [5, 5.41) is 0. The van der Waals surface area contributed by atoms with Crippen LogP contribution in [-0.4, -0.2) is 0 Å². The van der Waals surface area contributed by atoms with Gasteiger partial charge in [0.1, 0.15) is 0 Å². The Morgan fingerprint density at radius 3 is 0.632 bits per heavy atom. The van der Waals surface area contributed by atoms with E-state index in [0.29, 0.717) is 11.8 Å². The summed E-state index contributed by atoms with van der Waals surface area (Å²) in [6.45, 7) is 17.5. The maximum atomic E-state index is 2.64. The largest absolute Gasteiger partial charge is 0.0871 e. The van der Waals surface area contributed by atoms with E-state index >= 15 is 0 Å². The molecule has 0 radical (unpaired) electrons. The monoisotopic (exact) mass is 895 g/mol. The smallest absolute Gasteiger partial charge is 0.00299 e. The van der Waals surface area contributed by atoms with E-state index in [4.69, 9.17) is 0 Å². The molecular weight excluding hydrogens is 817 g/mol. The van der Waals surface area contributed by atoms with Gasteiger partial charge in [0.2, 0.25) is 0 Å². The van der Waals surface area contributed by atoms with Crippen LogP contribution in [0.1, 0.15) is 199 Å². The summed E-state index contributed by atoms with van der Waals surface area (Å²) in [6, 6.07) is 30.8. The van der Waals surface area contributed by atoms with E-state index in [1.54, 1.807) is 22.3 Å². The van der Waals surface area contributed by atoms with Gasteiger partial charge in [-0.05, 0) is 268 Å². The first-order chi connectivity index (χ1) is 32.9. The van der Waals surface area contributed by atoms with Crippen molar-refractivity contribution in [2.75, 3.05) is 0 Å². The first-order valence-electron chi connectivity index (χ1n) is 26.6. The van der Waals surface area contributed by atoms with E-state index in [1.165, 1.54) is 122 Å². The number of benzene rings is 4. The van der Waals surface area contributed by atoms with Gasteiger partial charge < -0.3 is 0 Å². The van der Waals surface area contributed by atoms with Gasteiger partial charge in [0.05, 0.1) is 0 Å². The Labute approximate surface area is 411 Å². The van der Waals surface area contributed by atoms with Gasteiger partial charge in [0, 0.05) is 0 Å². The van der Waals surface area contributed by atoms with Crippen molar-refractivity contribution in [3.63, 3.8) is 0 Å². The maximum absolute atomic E-state index is 2.64. The summed E-state index contributed by atoms with van der Waals surface area (Å²) in [5.41, 5.74) is 18.1. The molecule has 8 bridgehead atoms. The predicted molar refractivity (Wildman–Crippen MR) is 297 cm³/mol. The van der Waals surface area contributed by atoms with Crippen molar-refractivity contribution in [3.05, 3.63) is 188 Å². The zero-order valence-electron chi connectivity index (χ0n) is 42.8. The molecule has 0 amide bonds. The minimum atomic E-state index is 0.101. The summed E-state index contributed by atoms with van der Waals surface area (Å²) in [6.07, 6.45) is 52.5. The summed E-state index contributed by atoms with van der Waals surface area (Å²) in [4.78, 5) is 0. The summed E-state index contributed by atoms with van der Waals surface area (Å²) in [5.74, 6) is 1.38. The fourth-order valence-corrected chi connectivity index (χ4v) is 17.6. The topological polar surface area (TPSA) is 0 Å². The number of hydrogen-bond donors (Lipinski definition) is 0. The summed E-state index contributed by atoms with van der Waals surface area (Å²) in [7, 11) is 0. The molecule has 0 aliphatic heterocycles. The lowest BCUT2D eigenvalue weighted by atomic mass is 9.26. The Balaban J connectivity index is 1.24. The quantitative estimate of drug-likeness (QED) is 0.125. The second kappa shape index (κ2) is 18.0. The van der Waals surface area contributed by atoms with Crippen molar-refractivity contribution in [2.45, 2.75) is 154 Å². The lowest BCUT2D eigenvalue weighted by Gasteiger charge is -2.77. The Kier molecular flexibility index (Phi) is 12.3. The molecule has 0 heteroatoms. The van der Waals surface area contributed by atoms with Gasteiger partial charge in [0.15, 0.2) is 0 Å². The average Bonchev–Trinajstić information content (AvgIpc) is 3.29. The highest BCUT2D eigenvalue weighted by Crippen LogP contribution is 2.82. The molecule has 0 spiro atoms. The number of allylic oxidation sites excluding steroid dienone is 8. The first kappa shape index (κ1) is 46.5. The molecule has 0 nitrogen and oxygen atoms in total. The first-order valence-corrected chi connectivity index (χ1v) is 26.6. The molecule has 350 valence electrons. The van der Waals surface area contributed by atoms with Crippen molar-refractivity contribution < 1.29 is 0 Å². The molecule has 4 aromatic carbocycles. The molecule has 4 aromatic rings. The lowest BCUT2D eigenvalue weighted by Crippen LogP contribution is -2.70. The van der Waals surface area contributed by atoms with Gasteiger partial charge in [-0.3, -0.25) is 0 Å². The molecule has 8 fully saturated rings. The SMILES string of the molecule is C/C=C\c1cc(/C=C\C)cc(C23CC4CC(c5cc(/C=C\C)cc(/C=C\C)c5)(C2)CC(C25CC6CC(c7cc(/C=C\C)cc(/C=C\C)c7)(CC(c7cc(/C=C\C)cc(/C=C\C)c7)(C6)C2)C5)(C4)C3)c1. The molecule has 8 aliphatic carbocycles. The van der Waals surface area contributed by atoms with Gasteiger partial charge in [-0.15, -0.1) is 0 Å². The van der Waals surface area contributed by atoms with Crippen molar-refractivity contribution in [1.29, 1.82) is 0 Å². The van der Waals surface area contributed by atoms with Crippen LogP contribution in [0, 0.1) is 22.7 Å². The second-order valence-electron chi connectivity index (χ2n) is 23.3. The van der Waals surface area contributed by atoms with Crippen LogP contribution in [0.15, 0.2) is 121 Å². The fraction of sp³-hybridized carbons (Fsp3) is 0.412. The number of rotatable bonds is 13. The summed E-state index contributed by atoms with van der Waals surface area (Å²) < 4.78 is 0. The Morgan fingerprint density at radius 1 is 0.265 bits per heavy atom. The van der Waals surface area contributed by atoms with E-state index in [-0.39, 0.29) is 32.5 Å². The molecule has 0 saturated heterocycles. The number of hydrogen-bond acceptors (Lipinski definition) is 0. The standard InChI is InChI=1S/C68H78/c1-9-17-49-25-50(18-10-2)30-59(29-49)63-37-57-38-64(43-63,60-31-51(19-11-3)26-52(32-60)20-12-4)46-67(41-57,45-63)68-42-58-39-65(47-68,61-33-53(21-13-5)27-54(34-61)22-14-6)44-66(40-58,48-68)62-35-55(23-15-7)28-56(36-62)24-16-8/h9-36,57-58H,37-48H2,1-8H3/b17-9-,18-10-,19-11-,20-12-,21-13-,22-14-,23-15-,24-16-. The second-order valence-corrected chi connectivity index (χ2v) is 23.3. The Hall–Kier alpha value is -5.20. The Bertz CT molecular complexity index is 2330. The molecule has 8 aliphatic rings. The van der Waals surface area contributed by atoms with Crippen molar-refractivity contribution in [3.8, 4) is 0 Å². The van der Waals surface area contributed by atoms with Gasteiger partial charge in [0.25, 0.3) is 0 Å². The minimum Gasteiger partial charge on any atom is -0.0871 e. The normalized spacial score (nSPS) is 33.1. The fourth-order valence-electron chi connectivity index (χ4n) is 17.6. The van der Waals surface area contributed by atoms with E-state index in [9.17, 15) is 0 Å². The van der Waals surface area contributed by atoms with Gasteiger partial charge >= 0.3 is 0 Å². The van der Waals surface area contributed by atoms with E-state index in [2.05, 4.69) is 225 Å². The molecule has 0 heterocycles. The van der Waals surface area contributed by atoms with E-state index in [0.717, 1.165) is 0 Å². The minimum absolute atomic E-state index is 0.101.